The van der Waals surface area contributed by atoms with Crippen molar-refractivity contribution >= 4 is 5.91 Å². The number of benzene rings is 4. The molecule has 2 heterocycles. The average molecular weight is 552 g/mol. The minimum atomic E-state index is -0.285. The Morgan fingerprint density at radius 3 is 1.63 bits per heavy atom. The first-order valence-corrected chi connectivity index (χ1v) is 14.4. The third kappa shape index (κ3) is 5.81. The van der Waals surface area contributed by atoms with Crippen molar-refractivity contribution in [3.8, 4) is 0 Å². The molecule has 2 aliphatic heterocycles. The van der Waals surface area contributed by atoms with E-state index in [0.29, 0.717) is 32.7 Å². The number of hydrogen-bond acceptors (Lipinski definition) is 3. The van der Waals surface area contributed by atoms with Crippen molar-refractivity contribution in [3.05, 3.63) is 143 Å². The number of rotatable bonds is 7. The third-order valence-corrected chi connectivity index (χ3v) is 8.76. The molecule has 2 saturated heterocycles. The van der Waals surface area contributed by atoms with E-state index in [2.05, 4.69) is 70.5 Å². The topological polar surface area (TPSA) is 26.8 Å². The van der Waals surface area contributed by atoms with Crippen LogP contribution in [0.15, 0.2) is 109 Å². The molecule has 41 heavy (non-hydrogen) atoms. The van der Waals surface area contributed by atoms with Gasteiger partial charge in [0.1, 0.15) is 11.6 Å². The van der Waals surface area contributed by atoms with Crippen molar-refractivity contribution in [1.29, 1.82) is 0 Å². The second-order valence-electron chi connectivity index (χ2n) is 11.2. The number of piperazine rings is 1. The lowest BCUT2D eigenvalue weighted by atomic mass is 9.74. The number of nitrogens with zero attached hydrogens (tertiary/aromatic N) is 3. The molecule has 4 aromatic rings. The average Bonchev–Trinajstić information content (AvgIpc) is 3.45. The summed E-state index contributed by atoms with van der Waals surface area (Å²) in [6.07, 6.45) is 0.971. The van der Waals surface area contributed by atoms with E-state index >= 15 is 0 Å². The highest BCUT2D eigenvalue weighted by Gasteiger charge is 2.42. The van der Waals surface area contributed by atoms with E-state index in [4.69, 9.17) is 0 Å². The highest BCUT2D eigenvalue weighted by atomic mass is 19.1. The summed E-state index contributed by atoms with van der Waals surface area (Å²) < 4.78 is 27.4. The summed E-state index contributed by atoms with van der Waals surface area (Å²) in [5.41, 5.74) is 4.37. The maximum absolute atomic E-state index is 13.7. The Morgan fingerprint density at radius 1 is 0.659 bits per heavy atom. The van der Waals surface area contributed by atoms with Crippen LogP contribution in [0.1, 0.15) is 34.7 Å². The molecular weight excluding hydrogens is 516 g/mol. The van der Waals surface area contributed by atoms with E-state index in [0.717, 1.165) is 30.6 Å². The molecule has 6 rings (SSSR count). The first-order valence-electron chi connectivity index (χ1n) is 14.4. The SMILES string of the molecule is O=C(CN1CCC(c2ccccc2)(c2ccccc2)C1)N1CCN(C(c2ccc(F)cc2)c2ccc(F)cc2)CC1. The molecule has 0 saturated carbocycles. The lowest BCUT2D eigenvalue weighted by Gasteiger charge is -2.40. The van der Waals surface area contributed by atoms with E-state index in [1.165, 1.54) is 35.4 Å². The van der Waals surface area contributed by atoms with Crippen molar-refractivity contribution in [1.82, 2.24) is 14.7 Å². The number of carbonyl (C=O) groups excluding carboxylic acids is 1. The van der Waals surface area contributed by atoms with Gasteiger partial charge in [-0.05, 0) is 59.5 Å². The Kier molecular flexibility index (Phi) is 7.95. The minimum Gasteiger partial charge on any atom is -0.339 e. The Morgan fingerprint density at radius 2 is 1.15 bits per heavy atom. The zero-order valence-corrected chi connectivity index (χ0v) is 23.1. The molecule has 0 N–H and O–H groups in total. The van der Waals surface area contributed by atoms with Crippen LogP contribution in [0.25, 0.3) is 0 Å². The largest absolute Gasteiger partial charge is 0.339 e. The van der Waals surface area contributed by atoms with Crippen LogP contribution < -0.4 is 0 Å². The van der Waals surface area contributed by atoms with Gasteiger partial charge in [-0.2, -0.15) is 0 Å². The fraction of sp³-hybridized carbons (Fsp3) is 0.286. The van der Waals surface area contributed by atoms with E-state index < -0.39 is 0 Å². The Labute approximate surface area is 240 Å². The Bertz CT molecular complexity index is 1350. The second-order valence-corrected chi connectivity index (χ2v) is 11.2. The van der Waals surface area contributed by atoms with Crippen molar-refractivity contribution < 1.29 is 13.6 Å². The highest BCUT2D eigenvalue weighted by molar-refractivity contribution is 5.78. The van der Waals surface area contributed by atoms with Gasteiger partial charge >= 0.3 is 0 Å². The molecule has 0 aliphatic carbocycles. The number of halogens is 2. The molecule has 2 aliphatic rings. The van der Waals surface area contributed by atoms with Gasteiger partial charge in [0.15, 0.2) is 0 Å². The van der Waals surface area contributed by atoms with Gasteiger partial charge in [-0.15, -0.1) is 0 Å². The van der Waals surface area contributed by atoms with E-state index in [9.17, 15) is 13.6 Å². The summed E-state index contributed by atoms with van der Waals surface area (Å²) in [7, 11) is 0. The predicted octanol–water partition coefficient (Wildman–Crippen LogP) is 5.89. The van der Waals surface area contributed by atoms with Crippen LogP contribution in [0.4, 0.5) is 8.78 Å². The molecule has 2 fully saturated rings. The molecule has 0 radical (unpaired) electrons. The third-order valence-electron chi connectivity index (χ3n) is 8.76. The van der Waals surface area contributed by atoms with Gasteiger partial charge in [0.05, 0.1) is 12.6 Å². The van der Waals surface area contributed by atoms with Gasteiger partial charge in [-0.1, -0.05) is 84.9 Å². The van der Waals surface area contributed by atoms with Crippen molar-refractivity contribution in [3.63, 3.8) is 0 Å². The lowest BCUT2D eigenvalue weighted by Crippen LogP contribution is -2.52. The zero-order chi connectivity index (χ0) is 28.2. The molecule has 210 valence electrons. The van der Waals surface area contributed by atoms with Crippen LogP contribution in [-0.4, -0.2) is 66.4 Å². The van der Waals surface area contributed by atoms with E-state index in [-0.39, 0.29) is 29.0 Å². The maximum atomic E-state index is 13.7. The first kappa shape index (κ1) is 27.3. The van der Waals surface area contributed by atoms with Crippen LogP contribution in [-0.2, 0) is 10.2 Å². The molecule has 0 spiro atoms. The maximum Gasteiger partial charge on any atom is 0.236 e. The summed E-state index contributed by atoms with van der Waals surface area (Å²) in [5.74, 6) is -0.415. The van der Waals surface area contributed by atoms with Crippen LogP contribution in [0.2, 0.25) is 0 Å². The zero-order valence-electron chi connectivity index (χ0n) is 23.1. The molecule has 0 atom stereocenters. The van der Waals surface area contributed by atoms with Crippen molar-refractivity contribution in [2.45, 2.75) is 17.9 Å². The molecule has 4 aromatic carbocycles. The van der Waals surface area contributed by atoms with Gasteiger partial charge in [0, 0.05) is 38.1 Å². The number of hydrogen-bond donors (Lipinski definition) is 0. The van der Waals surface area contributed by atoms with E-state index in [1.807, 2.05) is 4.90 Å². The van der Waals surface area contributed by atoms with Crippen molar-refractivity contribution in [2.24, 2.45) is 0 Å². The smallest absolute Gasteiger partial charge is 0.236 e. The molecular formula is C35H35F2N3O. The molecule has 4 nitrogen and oxygen atoms in total. The standard InChI is InChI=1S/C35H35F2N3O/c36-31-15-11-27(12-16-31)34(28-13-17-32(37)18-14-28)40-23-21-39(22-24-40)33(41)25-38-20-19-35(26-38,29-7-3-1-4-8-29)30-9-5-2-6-10-30/h1-18,34H,19-26H2. The summed E-state index contributed by atoms with van der Waals surface area (Å²) in [5, 5.41) is 0. The van der Waals surface area contributed by atoms with Crippen LogP contribution in [0.5, 0.6) is 0 Å². The van der Waals surface area contributed by atoms with Crippen LogP contribution in [0.3, 0.4) is 0 Å². The summed E-state index contributed by atoms with van der Waals surface area (Å²) in [4.78, 5) is 20.1. The van der Waals surface area contributed by atoms with Gasteiger partial charge < -0.3 is 4.90 Å². The lowest BCUT2D eigenvalue weighted by molar-refractivity contribution is -0.134. The molecule has 0 bridgehead atoms. The first-order chi connectivity index (χ1) is 20.0. The van der Waals surface area contributed by atoms with E-state index in [1.54, 1.807) is 24.3 Å². The normalized spacial score (nSPS) is 17.7. The molecule has 0 unspecified atom stereocenters. The molecule has 6 heteroatoms. The minimum absolute atomic E-state index is 0.126. The molecule has 1 amide bonds. The Balaban J connectivity index is 1.13. The van der Waals surface area contributed by atoms with Crippen LogP contribution in [0, 0.1) is 11.6 Å². The van der Waals surface area contributed by atoms with Crippen LogP contribution >= 0.6 is 0 Å². The summed E-state index contributed by atoms with van der Waals surface area (Å²) in [6.45, 7) is 4.69. The van der Waals surface area contributed by atoms with Gasteiger partial charge in [-0.3, -0.25) is 14.6 Å². The number of likely N-dealkylation sites (tertiary alicyclic amines) is 1. The molecule has 0 aromatic heterocycles. The van der Waals surface area contributed by atoms with Gasteiger partial charge in [-0.25, -0.2) is 8.78 Å². The highest BCUT2D eigenvalue weighted by Crippen LogP contribution is 2.40. The monoisotopic (exact) mass is 551 g/mol. The summed E-state index contributed by atoms with van der Waals surface area (Å²) >= 11 is 0. The predicted molar refractivity (Wildman–Crippen MR) is 158 cm³/mol. The fourth-order valence-electron chi connectivity index (χ4n) is 6.60. The number of carbonyl (C=O) groups is 1. The quantitative estimate of drug-likeness (QED) is 0.287. The Hall–Kier alpha value is -3.87. The second kappa shape index (κ2) is 11.9. The van der Waals surface area contributed by atoms with Gasteiger partial charge in [0.2, 0.25) is 5.91 Å². The van der Waals surface area contributed by atoms with Gasteiger partial charge in [0.25, 0.3) is 0 Å². The fourth-order valence-corrected chi connectivity index (χ4v) is 6.60. The van der Waals surface area contributed by atoms with Crippen molar-refractivity contribution in [2.75, 3.05) is 45.8 Å². The number of amides is 1. The summed E-state index contributed by atoms with van der Waals surface area (Å²) in [6, 6.07) is 34.2.